The Hall–Kier alpha value is -1.25. The van der Waals surface area contributed by atoms with Crippen molar-refractivity contribution < 1.29 is 31.1 Å². The third-order valence-corrected chi connectivity index (χ3v) is 1.89. The Bertz CT molecular complexity index is 327. The maximum Gasteiger partial charge on any atom is 0.448 e. The molecule has 0 N–H and O–H groups in total. The van der Waals surface area contributed by atoms with Crippen molar-refractivity contribution in [3.05, 3.63) is 18.5 Å². The summed E-state index contributed by atoms with van der Waals surface area (Å²) in [6, 6.07) is 0.936. The third-order valence-electron chi connectivity index (χ3n) is 1.89. The van der Waals surface area contributed by atoms with Crippen LogP contribution in [-0.4, -0.2) is 29.2 Å². The van der Waals surface area contributed by atoms with Crippen LogP contribution in [0.2, 0.25) is 0 Å². The van der Waals surface area contributed by atoms with Crippen molar-refractivity contribution in [2.75, 3.05) is 7.11 Å². The third kappa shape index (κ3) is 1.64. The van der Waals surface area contributed by atoms with Gasteiger partial charge >= 0.3 is 18.1 Å². The Balaban J connectivity index is 3.43. The van der Waals surface area contributed by atoms with Crippen molar-refractivity contribution in [2.45, 2.75) is 18.1 Å². The van der Waals surface area contributed by atoms with Crippen LogP contribution >= 0.6 is 0 Å². The number of nitrogens with zero attached hydrogens (tertiary/aromatic N) is 2. The minimum Gasteiger partial charge on any atom is -0.343 e. The van der Waals surface area contributed by atoms with E-state index < -0.39 is 18.1 Å². The molecule has 0 aliphatic carbocycles. The molecule has 0 aromatic carbocycles. The van der Waals surface area contributed by atoms with E-state index in [-0.39, 0.29) is 4.68 Å². The van der Waals surface area contributed by atoms with Gasteiger partial charge in [0.05, 0.1) is 0 Å². The van der Waals surface area contributed by atoms with Crippen LogP contribution in [0, 0.1) is 0 Å². The Morgan fingerprint density at radius 3 is 1.81 bits per heavy atom. The van der Waals surface area contributed by atoms with E-state index >= 15 is 0 Å². The zero-order valence-electron chi connectivity index (χ0n) is 7.80. The van der Waals surface area contributed by atoms with E-state index in [2.05, 4.69) is 9.84 Å². The van der Waals surface area contributed by atoms with Crippen LogP contribution in [0.3, 0.4) is 0 Å². The van der Waals surface area contributed by atoms with Crippen molar-refractivity contribution in [1.82, 2.24) is 9.78 Å². The molecule has 9 heteroatoms. The molecule has 0 aliphatic rings. The molecule has 1 aromatic heterocycles. The molecule has 0 fully saturated rings. The van der Waals surface area contributed by atoms with Gasteiger partial charge in [0.15, 0.2) is 0 Å². The SMILES string of the molecule is COC(n1cccn1)(C(F)(F)F)C(F)(F)F. The molecule has 0 saturated carbocycles. The molecular formula is C7H6F6N2O. The van der Waals surface area contributed by atoms with E-state index in [9.17, 15) is 26.3 Å². The summed E-state index contributed by atoms with van der Waals surface area (Å²) in [5.41, 5.74) is -4.45. The van der Waals surface area contributed by atoms with Gasteiger partial charge in [0.25, 0.3) is 0 Å². The topological polar surface area (TPSA) is 27.1 Å². The van der Waals surface area contributed by atoms with Crippen molar-refractivity contribution in [3.63, 3.8) is 0 Å². The second-order valence-electron chi connectivity index (χ2n) is 2.79. The number of methoxy groups -OCH3 is 1. The molecule has 0 bridgehead atoms. The second kappa shape index (κ2) is 3.65. The summed E-state index contributed by atoms with van der Waals surface area (Å²) >= 11 is 0. The lowest BCUT2D eigenvalue weighted by molar-refractivity contribution is -0.416. The molecule has 3 nitrogen and oxygen atoms in total. The summed E-state index contributed by atoms with van der Waals surface area (Å²) in [6.45, 7) is 0. The molecule has 92 valence electrons. The number of ether oxygens (including phenoxy) is 1. The average molecular weight is 248 g/mol. The van der Waals surface area contributed by atoms with Gasteiger partial charge in [0, 0.05) is 19.5 Å². The normalized spacial score (nSPS) is 14.2. The summed E-state index contributed by atoms with van der Waals surface area (Å²) in [5, 5.41) is 2.94. The zero-order chi connectivity index (χ0) is 12.6. The van der Waals surface area contributed by atoms with Gasteiger partial charge in [-0.2, -0.15) is 31.4 Å². The van der Waals surface area contributed by atoms with Gasteiger partial charge in [0.2, 0.25) is 0 Å². The predicted molar refractivity (Wildman–Crippen MR) is 39.3 cm³/mol. The molecule has 16 heavy (non-hydrogen) atoms. The number of halogens is 6. The smallest absolute Gasteiger partial charge is 0.343 e. The molecule has 0 saturated heterocycles. The van der Waals surface area contributed by atoms with Crippen LogP contribution in [0.5, 0.6) is 0 Å². The second-order valence-corrected chi connectivity index (χ2v) is 2.79. The number of hydrogen-bond donors (Lipinski definition) is 0. The van der Waals surface area contributed by atoms with Gasteiger partial charge in [-0.25, -0.2) is 4.68 Å². The van der Waals surface area contributed by atoms with E-state index in [1.165, 1.54) is 0 Å². The summed E-state index contributed by atoms with van der Waals surface area (Å²) in [4.78, 5) is 0. The molecule has 1 rings (SSSR count). The van der Waals surface area contributed by atoms with Gasteiger partial charge < -0.3 is 4.74 Å². The van der Waals surface area contributed by atoms with Gasteiger partial charge in [-0.05, 0) is 6.07 Å². The van der Waals surface area contributed by atoms with E-state index in [0.29, 0.717) is 13.3 Å². The summed E-state index contributed by atoms with van der Waals surface area (Å²) in [6.07, 6.45) is -10.0. The van der Waals surface area contributed by atoms with E-state index in [1.54, 1.807) is 0 Å². The highest BCUT2D eigenvalue weighted by Crippen LogP contribution is 2.48. The number of rotatable bonds is 2. The first-order valence-electron chi connectivity index (χ1n) is 3.85. The fraction of sp³-hybridized carbons (Fsp3) is 0.571. The summed E-state index contributed by atoms with van der Waals surface area (Å²) in [5.74, 6) is 0. The fourth-order valence-corrected chi connectivity index (χ4v) is 1.20. The Morgan fingerprint density at radius 1 is 1.06 bits per heavy atom. The van der Waals surface area contributed by atoms with Gasteiger partial charge in [-0.1, -0.05) is 0 Å². The Kier molecular flexibility index (Phi) is 2.92. The number of alkyl halides is 6. The van der Waals surface area contributed by atoms with E-state index in [4.69, 9.17) is 0 Å². The molecule has 0 aliphatic heterocycles. The maximum absolute atomic E-state index is 12.5. The first-order chi connectivity index (χ1) is 7.17. The Morgan fingerprint density at radius 2 is 1.56 bits per heavy atom. The largest absolute Gasteiger partial charge is 0.448 e. The van der Waals surface area contributed by atoms with Crippen LogP contribution in [0.4, 0.5) is 26.3 Å². The Labute approximate surface area is 85.6 Å². The molecule has 1 heterocycles. The van der Waals surface area contributed by atoms with E-state index in [0.717, 1.165) is 12.3 Å². The highest BCUT2D eigenvalue weighted by Gasteiger charge is 2.74. The summed E-state index contributed by atoms with van der Waals surface area (Å²) in [7, 11) is 0.322. The lowest BCUT2D eigenvalue weighted by atomic mass is 10.2. The molecular weight excluding hydrogens is 242 g/mol. The van der Waals surface area contributed by atoms with Gasteiger partial charge in [0.1, 0.15) is 0 Å². The quantitative estimate of drug-likeness (QED) is 0.751. The van der Waals surface area contributed by atoms with Crippen LogP contribution in [0.25, 0.3) is 0 Å². The molecule has 0 amide bonds. The number of aromatic nitrogens is 2. The maximum atomic E-state index is 12.5. The molecule has 0 unspecified atom stereocenters. The monoisotopic (exact) mass is 248 g/mol. The van der Waals surface area contributed by atoms with Crippen LogP contribution in [0.1, 0.15) is 0 Å². The minimum atomic E-state index is -5.67. The molecule has 0 radical (unpaired) electrons. The molecule has 1 aromatic rings. The predicted octanol–water partition coefficient (Wildman–Crippen LogP) is 2.31. The molecule has 0 spiro atoms. The fourth-order valence-electron chi connectivity index (χ4n) is 1.20. The highest BCUT2D eigenvalue weighted by atomic mass is 19.4. The van der Waals surface area contributed by atoms with Gasteiger partial charge in [-0.15, -0.1) is 0 Å². The summed E-state index contributed by atoms with van der Waals surface area (Å²) < 4.78 is 78.5. The zero-order valence-corrected chi connectivity index (χ0v) is 7.80. The average Bonchev–Trinajstić information content (AvgIpc) is 2.53. The first kappa shape index (κ1) is 12.8. The molecule has 0 atom stereocenters. The highest BCUT2D eigenvalue weighted by molar-refractivity contribution is 4.94. The lowest BCUT2D eigenvalue weighted by Crippen LogP contribution is -2.59. The lowest BCUT2D eigenvalue weighted by Gasteiger charge is -2.35. The number of hydrogen-bond acceptors (Lipinski definition) is 2. The van der Waals surface area contributed by atoms with Crippen LogP contribution in [0.15, 0.2) is 18.5 Å². The van der Waals surface area contributed by atoms with Crippen molar-refractivity contribution >= 4 is 0 Å². The van der Waals surface area contributed by atoms with Gasteiger partial charge in [-0.3, -0.25) is 0 Å². The van der Waals surface area contributed by atoms with Crippen molar-refractivity contribution in [1.29, 1.82) is 0 Å². The van der Waals surface area contributed by atoms with Crippen LogP contribution in [-0.2, 0) is 10.5 Å². The van der Waals surface area contributed by atoms with Crippen molar-refractivity contribution in [2.24, 2.45) is 0 Å². The van der Waals surface area contributed by atoms with E-state index in [1.807, 2.05) is 0 Å². The van der Waals surface area contributed by atoms with Crippen LogP contribution < -0.4 is 0 Å². The minimum absolute atomic E-state index is 0.312. The van der Waals surface area contributed by atoms with Crippen molar-refractivity contribution in [3.8, 4) is 0 Å². The first-order valence-corrected chi connectivity index (χ1v) is 3.85. The standard InChI is InChI=1S/C7H6F6N2O/c1-16-5(6(8,9)10,7(11,12)13)15-4-2-3-14-15/h2-4H,1H3.